The lowest BCUT2D eigenvalue weighted by Crippen LogP contribution is -2.02. The number of pyridine rings is 3. The second-order valence-electron chi connectivity index (χ2n) is 8.10. The normalized spacial score (nSPS) is 11.0. The Morgan fingerprint density at radius 3 is 1.72 bits per heavy atom. The third-order valence-electron chi connectivity index (χ3n) is 5.29. The van der Waals surface area contributed by atoms with Gasteiger partial charge >= 0.3 is 0 Å². The molecule has 0 spiro atoms. The number of rotatable bonds is 8. The maximum atomic E-state index is 4.71. The van der Waals surface area contributed by atoms with Crippen molar-refractivity contribution in [3.05, 3.63) is 71.8 Å². The van der Waals surface area contributed by atoms with Crippen molar-refractivity contribution in [1.29, 1.82) is 0 Å². The van der Waals surface area contributed by atoms with Gasteiger partial charge in [-0.25, -0.2) is 15.0 Å². The van der Waals surface area contributed by atoms with Gasteiger partial charge in [0.05, 0.1) is 0 Å². The molecular formula is C26H28N6. The van der Waals surface area contributed by atoms with Crippen LogP contribution in [0.3, 0.4) is 0 Å². The van der Waals surface area contributed by atoms with E-state index in [0.717, 1.165) is 28.8 Å². The van der Waals surface area contributed by atoms with E-state index < -0.39 is 0 Å². The van der Waals surface area contributed by atoms with Crippen LogP contribution in [-0.2, 0) is 6.42 Å². The van der Waals surface area contributed by atoms with Crippen LogP contribution in [0.15, 0.2) is 55.0 Å². The topological polar surface area (TPSA) is 77.3 Å². The van der Waals surface area contributed by atoms with Crippen LogP contribution in [0.5, 0.6) is 0 Å². The van der Waals surface area contributed by atoms with E-state index in [1.165, 1.54) is 25.7 Å². The summed E-state index contributed by atoms with van der Waals surface area (Å²) >= 11 is 0. The zero-order valence-electron chi connectivity index (χ0n) is 18.9. The molecule has 0 unspecified atom stereocenters. The lowest BCUT2D eigenvalue weighted by Gasteiger charge is -2.08. The molecule has 162 valence electrons. The van der Waals surface area contributed by atoms with E-state index in [2.05, 4.69) is 32.9 Å². The molecule has 4 rings (SSSR count). The van der Waals surface area contributed by atoms with Gasteiger partial charge in [-0.3, -0.25) is 15.0 Å². The molecular weight excluding hydrogens is 396 g/mol. The van der Waals surface area contributed by atoms with Gasteiger partial charge in [-0.05, 0) is 62.1 Å². The quantitative estimate of drug-likeness (QED) is 0.333. The highest BCUT2D eigenvalue weighted by Crippen LogP contribution is 2.23. The van der Waals surface area contributed by atoms with Crippen molar-refractivity contribution in [2.75, 3.05) is 0 Å². The van der Waals surface area contributed by atoms with Crippen LogP contribution in [0.1, 0.15) is 49.4 Å². The molecule has 0 saturated carbocycles. The van der Waals surface area contributed by atoms with Crippen molar-refractivity contribution in [1.82, 2.24) is 29.9 Å². The van der Waals surface area contributed by atoms with Gasteiger partial charge in [-0.1, -0.05) is 38.3 Å². The third kappa shape index (κ3) is 5.38. The summed E-state index contributed by atoms with van der Waals surface area (Å²) in [6, 6.07) is 12.0. The first kappa shape index (κ1) is 21.7. The minimum Gasteiger partial charge on any atom is -0.261 e. The minimum absolute atomic E-state index is 0.524. The summed E-state index contributed by atoms with van der Waals surface area (Å²) in [4.78, 5) is 27.7. The van der Waals surface area contributed by atoms with Crippen molar-refractivity contribution in [3.8, 4) is 34.4 Å². The third-order valence-corrected chi connectivity index (χ3v) is 5.29. The van der Waals surface area contributed by atoms with Crippen LogP contribution in [0, 0.1) is 13.8 Å². The fourth-order valence-electron chi connectivity index (χ4n) is 3.37. The number of hydrogen-bond donors (Lipinski definition) is 0. The maximum Gasteiger partial charge on any atom is 0.182 e. The van der Waals surface area contributed by atoms with Gasteiger partial charge in [0.2, 0.25) is 0 Å². The van der Waals surface area contributed by atoms with E-state index in [9.17, 15) is 0 Å². The zero-order chi connectivity index (χ0) is 22.3. The van der Waals surface area contributed by atoms with E-state index in [-0.39, 0.29) is 0 Å². The Morgan fingerprint density at radius 1 is 0.594 bits per heavy atom. The molecule has 0 atom stereocenters. The lowest BCUT2D eigenvalue weighted by atomic mass is 10.1. The van der Waals surface area contributed by atoms with Crippen LogP contribution in [-0.4, -0.2) is 29.9 Å². The summed E-state index contributed by atoms with van der Waals surface area (Å²) in [5, 5.41) is 0. The lowest BCUT2D eigenvalue weighted by molar-refractivity contribution is 0.661. The van der Waals surface area contributed by atoms with Crippen molar-refractivity contribution in [2.45, 2.75) is 52.9 Å². The Labute approximate surface area is 189 Å². The standard InChI is InChI=1S/C26H28N6/c1-4-5-6-7-8-21-12-11-20(17-27-21)24-30-25(22-13-9-18(2)15-28-22)32-26(31-24)23-14-10-19(3)16-29-23/h9-17H,4-8H2,1-3H3. The molecule has 0 bridgehead atoms. The van der Waals surface area contributed by atoms with Gasteiger partial charge in [-0.2, -0.15) is 0 Å². The maximum absolute atomic E-state index is 4.71. The molecule has 0 aliphatic rings. The number of aryl methyl sites for hydroxylation is 3. The van der Waals surface area contributed by atoms with Crippen molar-refractivity contribution >= 4 is 0 Å². The summed E-state index contributed by atoms with van der Waals surface area (Å²) in [5.41, 5.74) is 5.52. The van der Waals surface area contributed by atoms with Gasteiger partial charge in [-0.15, -0.1) is 0 Å². The molecule has 0 aliphatic heterocycles. The van der Waals surface area contributed by atoms with Gasteiger partial charge in [0.15, 0.2) is 17.5 Å². The molecule has 0 saturated heterocycles. The van der Waals surface area contributed by atoms with E-state index in [1.54, 1.807) is 0 Å². The number of nitrogens with zero attached hydrogens (tertiary/aromatic N) is 6. The molecule has 0 amide bonds. The van der Waals surface area contributed by atoms with Crippen LogP contribution in [0.2, 0.25) is 0 Å². The van der Waals surface area contributed by atoms with Crippen LogP contribution < -0.4 is 0 Å². The molecule has 0 radical (unpaired) electrons. The van der Waals surface area contributed by atoms with Crippen LogP contribution >= 0.6 is 0 Å². The Bertz CT molecular complexity index is 1090. The summed E-state index contributed by atoms with van der Waals surface area (Å²) in [5.74, 6) is 1.62. The first-order chi connectivity index (χ1) is 15.6. The highest BCUT2D eigenvalue weighted by molar-refractivity contribution is 5.63. The first-order valence-corrected chi connectivity index (χ1v) is 11.2. The number of hydrogen-bond acceptors (Lipinski definition) is 6. The molecule has 0 aromatic carbocycles. The fraction of sp³-hybridized carbons (Fsp3) is 0.308. The minimum atomic E-state index is 0.524. The highest BCUT2D eigenvalue weighted by atomic mass is 15.1. The predicted octanol–water partition coefficient (Wildman–Crippen LogP) is 5.80. The molecule has 6 nitrogen and oxygen atoms in total. The summed E-state index contributed by atoms with van der Waals surface area (Å²) in [7, 11) is 0. The zero-order valence-corrected chi connectivity index (χ0v) is 18.9. The van der Waals surface area contributed by atoms with Crippen LogP contribution in [0.25, 0.3) is 34.4 Å². The summed E-state index contributed by atoms with van der Waals surface area (Å²) in [6.45, 7) is 6.24. The van der Waals surface area contributed by atoms with Crippen LogP contribution in [0.4, 0.5) is 0 Å². The summed E-state index contributed by atoms with van der Waals surface area (Å²) in [6.07, 6.45) is 11.4. The van der Waals surface area contributed by atoms with Gasteiger partial charge in [0, 0.05) is 29.8 Å². The Balaban J connectivity index is 1.69. The van der Waals surface area contributed by atoms with E-state index in [1.807, 2.05) is 62.8 Å². The SMILES string of the molecule is CCCCCCc1ccc(-c2nc(-c3ccc(C)cn3)nc(-c3ccc(C)cn3)n2)cn1. The van der Waals surface area contributed by atoms with E-state index in [4.69, 9.17) is 9.97 Å². The second kappa shape index (κ2) is 10.2. The molecule has 4 heterocycles. The first-order valence-electron chi connectivity index (χ1n) is 11.2. The average Bonchev–Trinajstić information content (AvgIpc) is 2.83. The summed E-state index contributed by atoms with van der Waals surface area (Å²) < 4.78 is 0. The molecule has 0 aliphatic carbocycles. The molecule has 4 aromatic heterocycles. The predicted molar refractivity (Wildman–Crippen MR) is 127 cm³/mol. The Hall–Kier alpha value is -3.54. The Morgan fingerprint density at radius 2 is 1.22 bits per heavy atom. The second-order valence-corrected chi connectivity index (χ2v) is 8.10. The number of aromatic nitrogens is 6. The van der Waals surface area contributed by atoms with Gasteiger partial charge in [0.1, 0.15) is 11.4 Å². The molecule has 4 aromatic rings. The van der Waals surface area contributed by atoms with E-state index >= 15 is 0 Å². The van der Waals surface area contributed by atoms with E-state index in [0.29, 0.717) is 28.9 Å². The van der Waals surface area contributed by atoms with Crippen molar-refractivity contribution in [2.24, 2.45) is 0 Å². The van der Waals surface area contributed by atoms with Gasteiger partial charge < -0.3 is 0 Å². The monoisotopic (exact) mass is 424 g/mol. The Kier molecular flexibility index (Phi) is 6.90. The molecule has 0 fully saturated rings. The highest BCUT2D eigenvalue weighted by Gasteiger charge is 2.14. The average molecular weight is 425 g/mol. The van der Waals surface area contributed by atoms with Gasteiger partial charge in [0.25, 0.3) is 0 Å². The molecule has 0 N–H and O–H groups in total. The van der Waals surface area contributed by atoms with Crippen molar-refractivity contribution in [3.63, 3.8) is 0 Å². The molecule has 6 heteroatoms. The fourth-order valence-corrected chi connectivity index (χ4v) is 3.37. The molecule has 32 heavy (non-hydrogen) atoms. The largest absolute Gasteiger partial charge is 0.261 e. The smallest absolute Gasteiger partial charge is 0.182 e. The number of unbranched alkanes of at least 4 members (excludes halogenated alkanes) is 3. The van der Waals surface area contributed by atoms with Crippen molar-refractivity contribution < 1.29 is 0 Å².